The second kappa shape index (κ2) is 6.67. The van der Waals surface area contributed by atoms with Crippen molar-refractivity contribution in [3.05, 3.63) is 69.7 Å². The number of hydrogen-bond acceptors (Lipinski definition) is 3. The molecular formula is C18H13BrN2O2S. The maximum Gasteiger partial charge on any atom is 0.270 e. The van der Waals surface area contributed by atoms with E-state index in [1.54, 1.807) is 18.2 Å². The van der Waals surface area contributed by atoms with Crippen LogP contribution < -0.4 is 10.2 Å². The third kappa shape index (κ3) is 3.16. The van der Waals surface area contributed by atoms with Gasteiger partial charge in [-0.25, -0.2) is 0 Å². The van der Waals surface area contributed by atoms with E-state index in [9.17, 15) is 9.59 Å². The zero-order chi connectivity index (χ0) is 17.3. The molecule has 1 fully saturated rings. The van der Waals surface area contributed by atoms with Gasteiger partial charge in [0, 0.05) is 4.47 Å². The van der Waals surface area contributed by atoms with Crippen LogP contribution in [0.25, 0.3) is 6.08 Å². The molecule has 0 aromatic heterocycles. The van der Waals surface area contributed by atoms with Crippen molar-refractivity contribution in [1.29, 1.82) is 0 Å². The number of rotatable bonds is 2. The van der Waals surface area contributed by atoms with Crippen molar-refractivity contribution in [2.24, 2.45) is 0 Å². The number of carbonyl (C=O) groups excluding carboxylic acids is 2. The van der Waals surface area contributed by atoms with Crippen molar-refractivity contribution in [3.8, 4) is 0 Å². The van der Waals surface area contributed by atoms with Gasteiger partial charge in [-0.15, -0.1) is 0 Å². The lowest BCUT2D eigenvalue weighted by Gasteiger charge is -2.29. The molecule has 0 bridgehead atoms. The molecule has 2 amide bonds. The van der Waals surface area contributed by atoms with Crippen LogP contribution in [0, 0.1) is 6.92 Å². The number of carbonyl (C=O) groups is 2. The normalized spacial score (nSPS) is 16.5. The first-order valence-corrected chi connectivity index (χ1v) is 8.40. The van der Waals surface area contributed by atoms with E-state index in [0.29, 0.717) is 5.69 Å². The first kappa shape index (κ1) is 16.5. The first-order valence-electron chi connectivity index (χ1n) is 7.20. The average molecular weight is 401 g/mol. The minimum atomic E-state index is -0.485. The third-order valence-electron chi connectivity index (χ3n) is 3.67. The van der Waals surface area contributed by atoms with Gasteiger partial charge in [-0.1, -0.05) is 40.2 Å². The Morgan fingerprint density at radius 3 is 2.42 bits per heavy atom. The average Bonchev–Trinajstić information content (AvgIpc) is 2.54. The molecule has 1 heterocycles. The van der Waals surface area contributed by atoms with Crippen molar-refractivity contribution in [3.63, 3.8) is 0 Å². The van der Waals surface area contributed by atoms with E-state index in [1.807, 2.05) is 43.3 Å². The predicted molar refractivity (Wildman–Crippen MR) is 102 cm³/mol. The van der Waals surface area contributed by atoms with Gasteiger partial charge in [0.1, 0.15) is 5.57 Å². The molecule has 0 saturated carbocycles. The lowest BCUT2D eigenvalue weighted by atomic mass is 10.0. The SMILES string of the molecule is Cc1ccccc1C=C1C(=O)NC(=S)N(c2ccc(Br)cc2)C1=O. The molecule has 1 saturated heterocycles. The highest BCUT2D eigenvalue weighted by molar-refractivity contribution is 9.10. The Kier molecular flexibility index (Phi) is 4.59. The van der Waals surface area contributed by atoms with Gasteiger partial charge in [-0.3, -0.25) is 19.8 Å². The maximum atomic E-state index is 12.8. The molecule has 24 heavy (non-hydrogen) atoms. The molecule has 0 unspecified atom stereocenters. The molecule has 0 atom stereocenters. The Hall–Kier alpha value is -2.31. The van der Waals surface area contributed by atoms with Gasteiger partial charge in [-0.05, 0) is 60.6 Å². The van der Waals surface area contributed by atoms with E-state index in [2.05, 4.69) is 21.2 Å². The summed E-state index contributed by atoms with van der Waals surface area (Å²) in [5, 5.41) is 2.66. The lowest BCUT2D eigenvalue weighted by molar-refractivity contribution is -0.122. The van der Waals surface area contributed by atoms with Crippen molar-refractivity contribution in [1.82, 2.24) is 5.32 Å². The molecule has 4 nitrogen and oxygen atoms in total. The number of nitrogens with one attached hydrogen (secondary N) is 1. The molecule has 0 aliphatic carbocycles. The summed E-state index contributed by atoms with van der Waals surface area (Å²) < 4.78 is 0.890. The molecular weight excluding hydrogens is 388 g/mol. The first-order chi connectivity index (χ1) is 11.5. The van der Waals surface area contributed by atoms with E-state index in [1.165, 1.54) is 4.90 Å². The minimum absolute atomic E-state index is 0.0563. The van der Waals surface area contributed by atoms with E-state index in [4.69, 9.17) is 12.2 Å². The zero-order valence-corrected chi connectivity index (χ0v) is 15.1. The van der Waals surface area contributed by atoms with Crippen LogP contribution in [0.3, 0.4) is 0 Å². The number of halogens is 1. The van der Waals surface area contributed by atoms with Crippen molar-refractivity contribution in [2.45, 2.75) is 6.92 Å². The fourth-order valence-corrected chi connectivity index (χ4v) is 2.93. The minimum Gasteiger partial charge on any atom is -0.298 e. The molecule has 1 aliphatic rings. The fraction of sp³-hybridized carbons (Fsp3) is 0.0556. The van der Waals surface area contributed by atoms with Crippen molar-refractivity contribution in [2.75, 3.05) is 4.90 Å². The Bertz CT molecular complexity index is 875. The molecule has 0 spiro atoms. The lowest BCUT2D eigenvalue weighted by Crippen LogP contribution is -2.54. The molecule has 1 N–H and O–H groups in total. The summed E-state index contributed by atoms with van der Waals surface area (Å²) in [4.78, 5) is 26.4. The predicted octanol–water partition coefficient (Wildman–Crippen LogP) is 3.59. The van der Waals surface area contributed by atoms with Gasteiger partial charge in [0.2, 0.25) is 0 Å². The topological polar surface area (TPSA) is 49.4 Å². The monoisotopic (exact) mass is 400 g/mol. The molecule has 0 radical (unpaired) electrons. The second-order valence-corrected chi connectivity index (χ2v) is 6.59. The number of anilines is 1. The smallest absolute Gasteiger partial charge is 0.270 e. The number of hydrogen-bond donors (Lipinski definition) is 1. The number of amides is 2. The summed E-state index contributed by atoms with van der Waals surface area (Å²) >= 11 is 8.53. The van der Waals surface area contributed by atoms with Crippen LogP contribution >= 0.6 is 28.1 Å². The summed E-state index contributed by atoms with van der Waals surface area (Å²) in [6, 6.07) is 14.7. The Labute approximate surface area is 153 Å². The van der Waals surface area contributed by atoms with Gasteiger partial charge in [0.05, 0.1) is 5.69 Å². The highest BCUT2D eigenvalue weighted by Gasteiger charge is 2.34. The third-order valence-corrected chi connectivity index (χ3v) is 4.49. The highest BCUT2D eigenvalue weighted by Crippen LogP contribution is 2.24. The van der Waals surface area contributed by atoms with E-state index in [-0.39, 0.29) is 10.7 Å². The Morgan fingerprint density at radius 2 is 1.75 bits per heavy atom. The van der Waals surface area contributed by atoms with E-state index >= 15 is 0 Å². The molecule has 3 rings (SSSR count). The van der Waals surface area contributed by atoms with Gasteiger partial charge in [0.25, 0.3) is 11.8 Å². The Morgan fingerprint density at radius 1 is 1.08 bits per heavy atom. The van der Waals surface area contributed by atoms with Crippen LogP contribution in [0.2, 0.25) is 0 Å². The van der Waals surface area contributed by atoms with Gasteiger partial charge in [-0.2, -0.15) is 0 Å². The van der Waals surface area contributed by atoms with E-state index < -0.39 is 11.8 Å². The molecule has 1 aliphatic heterocycles. The number of nitrogens with zero attached hydrogens (tertiary/aromatic N) is 1. The molecule has 6 heteroatoms. The van der Waals surface area contributed by atoms with Gasteiger partial charge < -0.3 is 0 Å². The van der Waals surface area contributed by atoms with Crippen molar-refractivity contribution >= 4 is 56.8 Å². The standard InChI is InChI=1S/C18H13BrN2O2S/c1-11-4-2-3-5-12(11)10-15-16(22)20-18(24)21(17(15)23)14-8-6-13(19)7-9-14/h2-10H,1H3,(H,20,22,24). The molecule has 120 valence electrons. The van der Waals surface area contributed by atoms with Crippen LogP contribution in [0.1, 0.15) is 11.1 Å². The summed E-state index contributed by atoms with van der Waals surface area (Å²) in [5.41, 5.74) is 2.46. The van der Waals surface area contributed by atoms with Crippen LogP contribution in [0.4, 0.5) is 5.69 Å². The quantitative estimate of drug-likeness (QED) is 0.476. The van der Waals surface area contributed by atoms with Crippen LogP contribution in [0.5, 0.6) is 0 Å². The number of thiocarbonyl (C=S) groups is 1. The Balaban J connectivity index is 2.03. The summed E-state index contributed by atoms with van der Waals surface area (Å²) in [6.07, 6.45) is 1.60. The van der Waals surface area contributed by atoms with Gasteiger partial charge in [0.15, 0.2) is 5.11 Å². The number of aryl methyl sites for hydroxylation is 1. The van der Waals surface area contributed by atoms with Crippen LogP contribution in [0.15, 0.2) is 58.6 Å². The summed E-state index contributed by atoms with van der Waals surface area (Å²) in [5.74, 6) is -0.920. The van der Waals surface area contributed by atoms with Crippen LogP contribution in [-0.4, -0.2) is 16.9 Å². The summed E-state index contributed by atoms with van der Waals surface area (Å²) in [6.45, 7) is 1.93. The summed E-state index contributed by atoms with van der Waals surface area (Å²) in [7, 11) is 0. The molecule has 2 aromatic carbocycles. The maximum absolute atomic E-state index is 12.8. The molecule has 2 aromatic rings. The highest BCUT2D eigenvalue weighted by atomic mass is 79.9. The van der Waals surface area contributed by atoms with Crippen LogP contribution in [-0.2, 0) is 9.59 Å². The number of benzene rings is 2. The fourth-order valence-electron chi connectivity index (χ4n) is 2.39. The van der Waals surface area contributed by atoms with E-state index in [0.717, 1.165) is 15.6 Å². The second-order valence-electron chi connectivity index (χ2n) is 5.29. The van der Waals surface area contributed by atoms with Gasteiger partial charge >= 0.3 is 0 Å². The largest absolute Gasteiger partial charge is 0.298 e. The van der Waals surface area contributed by atoms with Crippen molar-refractivity contribution < 1.29 is 9.59 Å². The zero-order valence-electron chi connectivity index (χ0n) is 12.7.